The summed E-state index contributed by atoms with van der Waals surface area (Å²) < 4.78 is 0. The molecule has 9 heteroatoms. The number of hydrogen-bond donors (Lipinski definition) is 1. The van der Waals surface area contributed by atoms with E-state index in [4.69, 9.17) is 11.6 Å². The van der Waals surface area contributed by atoms with Gasteiger partial charge in [0.05, 0.1) is 21.9 Å². The molecule has 0 aromatic heterocycles. The number of imide groups is 1. The molecule has 1 heterocycles. The van der Waals surface area contributed by atoms with Gasteiger partial charge in [-0.25, -0.2) is 0 Å². The van der Waals surface area contributed by atoms with E-state index in [0.717, 1.165) is 17.0 Å². The van der Waals surface area contributed by atoms with Crippen molar-refractivity contribution in [1.82, 2.24) is 10.2 Å². The topological polar surface area (TPSA) is 110 Å². The maximum Gasteiger partial charge on any atom is 0.270 e. The summed E-state index contributed by atoms with van der Waals surface area (Å²) in [5.74, 6) is -1.57. The van der Waals surface area contributed by atoms with Crippen molar-refractivity contribution in [2.45, 2.75) is 12.5 Å². The highest BCUT2D eigenvalue weighted by Gasteiger charge is 2.37. The molecule has 1 atom stereocenters. The zero-order valence-electron chi connectivity index (χ0n) is 10.8. The average Bonchev–Trinajstić information content (AvgIpc) is 2.66. The smallest absolute Gasteiger partial charge is 0.270 e. The highest BCUT2D eigenvalue weighted by molar-refractivity contribution is 6.34. The number of amides is 3. The van der Waals surface area contributed by atoms with Gasteiger partial charge < -0.3 is 5.32 Å². The third-order valence-corrected chi connectivity index (χ3v) is 3.41. The molecule has 2 rings (SSSR count). The predicted octanol–water partition coefficient (Wildman–Crippen LogP) is 0.735. The molecule has 0 aliphatic carbocycles. The molecule has 8 nitrogen and oxygen atoms in total. The van der Waals surface area contributed by atoms with Gasteiger partial charge in [-0.15, -0.1) is 0 Å². The quantitative estimate of drug-likeness (QED) is 0.503. The molecule has 1 unspecified atom stereocenters. The Balaban J connectivity index is 2.16. The number of nitrogens with zero attached hydrogens (tertiary/aromatic N) is 2. The number of rotatable bonds is 3. The van der Waals surface area contributed by atoms with Gasteiger partial charge in [-0.3, -0.25) is 29.4 Å². The van der Waals surface area contributed by atoms with E-state index < -0.39 is 22.8 Å². The molecule has 0 spiro atoms. The van der Waals surface area contributed by atoms with Gasteiger partial charge in [-0.05, 0) is 6.07 Å². The lowest BCUT2D eigenvalue weighted by Crippen LogP contribution is -2.40. The summed E-state index contributed by atoms with van der Waals surface area (Å²) in [5, 5.41) is 12.9. The van der Waals surface area contributed by atoms with Crippen molar-refractivity contribution < 1.29 is 19.3 Å². The lowest BCUT2D eigenvalue weighted by atomic mass is 10.1. The number of likely N-dealkylation sites (N-methyl/N-ethyl adjacent to an activating group) is 1. The number of nitro benzene ring substituents is 1. The third-order valence-electron chi connectivity index (χ3n) is 3.09. The van der Waals surface area contributed by atoms with Crippen molar-refractivity contribution in [3.63, 3.8) is 0 Å². The van der Waals surface area contributed by atoms with Crippen molar-refractivity contribution in [3.05, 3.63) is 38.9 Å². The van der Waals surface area contributed by atoms with Crippen LogP contribution in [0, 0.1) is 10.1 Å². The molecule has 110 valence electrons. The Bertz CT molecular complexity index is 660. The van der Waals surface area contributed by atoms with Crippen molar-refractivity contribution in [2.24, 2.45) is 0 Å². The summed E-state index contributed by atoms with van der Waals surface area (Å²) in [6, 6.07) is 2.43. The number of carbonyl (C=O) groups is 3. The summed E-state index contributed by atoms with van der Waals surface area (Å²) in [6.45, 7) is 0. The summed E-state index contributed by atoms with van der Waals surface area (Å²) in [5.41, 5.74) is -0.250. The van der Waals surface area contributed by atoms with Gasteiger partial charge in [-0.2, -0.15) is 0 Å². The largest absolute Gasteiger partial charge is 0.340 e. The summed E-state index contributed by atoms with van der Waals surface area (Å²) in [6.07, 6.45) is -0.119. The van der Waals surface area contributed by atoms with Crippen LogP contribution < -0.4 is 5.32 Å². The molecular weight excluding hydrogens is 302 g/mol. The molecule has 1 aliphatic rings. The molecule has 21 heavy (non-hydrogen) atoms. The van der Waals surface area contributed by atoms with Gasteiger partial charge in [0.2, 0.25) is 5.91 Å². The maximum atomic E-state index is 12.0. The average molecular weight is 312 g/mol. The molecule has 1 fully saturated rings. The van der Waals surface area contributed by atoms with E-state index in [0.29, 0.717) is 0 Å². The van der Waals surface area contributed by atoms with E-state index in [1.807, 2.05) is 0 Å². The summed E-state index contributed by atoms with van der Waals surface area (Å²) in [7, 11) is 1.33. The second-order valence-electron chi connectivity index (χ2n) is 4.44. The van der Waals surface area contributed by atoms with E-state index in [1.54, 1.807) is 0 Å². The van der Waals surface area contributed by atoms with Gasteiger partial charge in [-0.1, -0.05) is 11.6 Å². The number of nitro groups is 1. The van der Waals surface area contributed by atoms with E-state index >= 15 is 0 Å². The van der Waals surface area contributed by atoms with Crippen molar-refractivity contribution in [2.75, 3.05) is 7.05 Å². The van der Waals surface area contributed by atoms with E-state index in [1.165, 1.54) is 13.1 Å². The van der Waals surface area contributed by atoms with Crippen LogP contribution in [-0.4, -0.2) is 40.6 Å². The van der Waals surface area contributed by atoms with Crippen LogP contribution in [0.15, 0.2) is 18.2 Å². The Hall–Kier alpha value is -2.48. The van der Waals surface area contributed by atoms with Crippen LogP contribution in [0.25, 0.3) is 0 Å². The Labute approximate surface area is 123 Å². The molecule has 1 aliphatic heterocycles. The Morgan fingerprint density at radius 3 is 2.62 bits per heavy atom. The molecule has 1 N–H and O–H groups in total. The minimum Gasteiger partial charge on any atom is -0.340 e. The number of halogens is 1. The second-order valence-corrected chi connectivity index (χ2v) is 4.85. The van der Waals surface area contributed by atoms with Crippen molar-refractivity contribution in [1.29, 1.82) is 0 Å². The third kappa shape index (κ3) is 2.84. The predicted molar refractivity (Wildman–Crippen MR) is 71.8 cm³/mol. The monoisotopic (exact) mass is 311 g/mol. The van der Waals surface area contributed by atoms with Crippen LogP contribution in [0.3, 0.4) is 0 Å². The molecule has 1 aromatic rings. The first-order valence-corrected chi connectivity index (χ1v) is 6.24. The number of likely N-dealkylation sites (tertiary alicyclic amines) is 1. The van der Waals surface area contributed by atoms with Gasteiger partial charge in [0.25, 0.3) is 17.5 Å². The lowest BCUT2D eigenvalue weighted by Gasteiger charge is -2.11. The van der Waals surface area contributed by atoms with Gasteiger partial charge in [0, 0.05) is 19.2 Å². The van der Waals surface area contributed by atoms with Gasteiger partial charge >= 0.3 is 0 Å². The lowest BCUT2D eigenvalue weighted by molar-refractivity contribution is -0.384. The highest BCUT2D eigenvalue weighted by atomic mass is 35.5. The van der Waals surface area contributed by atoms with Gasteiger partial charge in [0.1, 0.15) is 6.04 Å². The summed E-state index contributed by atoms with van der Waals surface area (Å²) in [4.78, 5) is 45.9. The van der Waals surface area contributed by atoms with Crippen LogP contribution in [-0.2, 0) is 9.59 Å². The first-order valence-electron chi connectivity index (χ1n) is 5.86. The minimum atomic E-state index is -0.943. The fourth-order valence-electron chi connectivity index (χ4n) is 1.91. The number of nitrogens with one attached hydrogen (secondary N) is 1. The fourth-order valence-corrected chi connectivity index (χ4v) is 2.17. The standard InChI is InChI=1S/C12H10ClN3O5/c1-15-10(17)5-9(12(15)19)14-11(18)7-3-2-6(16(20)21)4-8(7)13/h2-4,9H,5H2,1H3,(H,14,18). The number of non-ortho nitro benzene ring substituents is 1. The molecule has 3 amide bonds. The summed E-state index contributed by atoms with van der Waals surface area (Å²) >= 11 is 5.82. The fraction of sp³-hybridized carbons (Fsp3) is 0.250. The van der Waals surface area contributed by atoms with E-state index in [2.05, 4.69) is 5.32 Å². The molecule has 1 saturated heterocycles. The van der Waals surface area contributed by atoms with Crippen LogP contribution in [0.2, 0.25) is 5.02 Å². The van der Waals surface area contributed by atoms with Crippen molar-refractivity contribution >= 4 is 35.0 Å². The first kappa shape index (κ1) is 14.9. The number of benzene rings is 1. The number of carbonyl (C=O) groups excluding carboxylic acids is 3. The maximum absolute atomic E-state index is 12.0. The van der Waals surface area contributed by atoms with E-state index in [-0.39, 0.29) is 28.6 Å². The molecule has 0 saturated carbocycles. The van der Waals surface area contributed by atoms with Gasteiger partial charge in [0.15, 0.2) is 0 Å². The Kier molecular flexibility index (Phi) is 3.90. The van der Waals surface area contributed by atoms with Crippen LogP contribution >= 0.6 is 11.6 Å². The Morgan fingerprint density at radius 2 is 2.14 bits per heavy atom. The minimum absolute atomic E-state index is 0.00271. The highest BCUT2D eigenvalue weighted by Crippen LogP contribution is 2.23. The second kappa shape index (κ2) is 5.49. The zero-order chi connectivity index (χ0) is 15.7. The Morgan fingerprint density at radius 1 is 1.48 bits per heavy atom. The molecule has 0 bridgehead atoms. The van der Waals surface area contributed by atoms with Crippen LogP contribution in [0.1, 0.15) is 16.8 Å². The molecular formula is C12H10ClN3O5. The van der Waals surface area contributed by atoms with Crippen molar-refractivity contribution in [3.8, 4) is 0 Å². The van der Waals surface area contributed by atoms with E-state index in [9.17, 15) is 24.5 Å². The normalized spacial score (nSPS) is 18.0. The molecule has 1 aromatic carbocycles. The number of hydrogen-bond acceptors (Lipinski definition) is 5. The first-order chi connectivity index (χ1) is 9.81. The van der Waals surface area contributed by atoms with Crippen LogP contribution in [0.4, 0.5) is 5.69 Å². The molecule has 0 radical (unpaired) electrons. The zero-order valence-corrected chi connectivity index (χ0v) is 11.6. The SMILES string of the molecule is CN1C(=O)CC(NC(=O)c2ccc([N+](=O)[O-])cc2Cl)C1=O. The van der Waals surface area contributed by atoms with Crippen LogP contribution in [0.5, 0.6) is 0 Å².